The van der Waals surface area contributed by atoms with E-state index >= 15 is 0 Å². The Morgan fingerprint density at radius 1 is 1.17 bits per heavy atom. The highest BCUT2D eigenvalue weighted by Crippen LogP contribution is 2.18. The van der Waals surface area contributed by atoms with Crippen LogP contribution in [-0.2, 0) is 0 Å². The first-order valence-corrected chi connectivity index (χ1v) is 8.36. The molecule has 24 heavy (non-hydrogen) atoms. The van der Waals surface area contributed by atoms with Gasteiger partial charge in [-0.1, -0.05) is 13.3 Å². The largest absolute Gasteiger partial charge is 0.491 e. The number of benzene rings is 1. The molecule has 5 nitrogen and oxygen atoms in total. The van der Waals surface area contributed by atoms with Gasteiger partial charge in [0.2, 0.25) is 0 Å². The predicted octanol–water partition coefficient (Wildman–Crippen LogP) is 4.33. The van der Waals surface area contributed by atoms with Crippen LogP contribution >= 0.6 is 0 Å². The standard InChI is InChI=1S/C19H25N3O2/c1-4-5-11-20-16-10-12-21-18(13-16)19(23)22-15-6-8-17(9-7-15)24-14(2)3/h6-10,12-14H,4-5,11H2,1-3H3,(H,20,21)(H,22,23). The summed E-state index contributed by atoms with van der Waals surface area (Å²) in [5.74, 6) is 0.551. The Labute approximate surface area is 143 Å². The van der Waals surface area contributed by atoms with Gasteiger partial charge in [0.15, 0.2) is 0 Å². The summed E-state index contributed by atoms with van der Waals surface area (Å²) in [5.41, 5.74) is 2.01. The van der Waals surface area contributed by atoms with Crippen LogP contribution in [0.1, 0.15) is 44.1 Å². The van der Waals surface area contributed by atoms with Crippen molar-refractivity contribution in [1.82, 2.24) is 4.98 Å². The summed E-state index contributed by atoms with van der Waals surface area (Å²) in [7, 11) is 0. The van der Waals surface area contributed by atoms with Gasteiger partial charge in [0.1, 0.15) is 11.4 Å². The molecule has 0 bridgehead atoms. The van der Waals surface area contributed by atoms with Crippen molar-refractivity contribution in [1.29, 1.82) is 0 Å². The first-order valence-electron chi connectivity index (χ1n) is 8.36. The smallest absolute Gasteiger partial charge is 0.274 e. The molecule has 0 spiro atoms. The van der Waals surface area contributed by atoms with Gasteiger partial charge in [0.25, 0.3) is 5.91 Å². The van der Waals surface area contributed by atoms with Crippen LogP contribution in [0, 0.1) is 0 Å². The SMILES string of the molecule is CCCCNc1ccnc(C(=O)Nc2ccc(OC(C)C)cc2)c1. The number of hydrogen-bond acceptors (Lipinski definition) is 4. The Balaban J connectivity index is 1.97. The molecule has 128 valence electrons. The highest BCUT2D eigenvalue weighted by atomic mass is 16.5. The van der Waals surface area contributed by atoms with Gasteiger partial charge >= 0.3 is 0 Å². The van der Waals surface area contributed by atoms with E-state index in [9.17, 15) is 4.79 Å². The van der Waals surface area contributed by atoms with Crippen LogP contribution in [0.4, 0.5) is 11.4 Å². The number of anilines is 2. The van der Waals surface area contributed by atoms with Gasteiger partial charge in [-0.05, 0) is 56.7 Å². The minimum Gasteiger partial charge on any atom is -0.491 e. The zero-order valence-corrected chi connectivity index (χ0v) is 14.5. The van der Waals surface area contributed by atoms with E-state index in [1.807, 2.05) is 44.2 Å². The fourth-order valence-electron chi connectivity index (χ4n) is 2.16. The van der Waals surface area contributed by atoms with Gasteiger partial charge in [-0.15, -0.1) is 0 Å². The molecular weight excluding hydrogens is 302 g/mol. The number of nitrogens with zero attached hydrogens (tertiary/aromatic N) is 1. The number of aromatic nitrogens is 1. The highest BCUT2D eigenvalue weighted by Gasteiger charge is 2.09. The van der Waals surface area contributed by atoms with Gasteiger partial charge in [0.05, 0.1) is 6.10 Å². The summed E-state index contributed by atoms with van der Waals surface area (Å²) < 4.78 is 5.59. The molecule has 1 aromatic carbocycles. The summed E-state index contributed by atoms with van der Waals surface area (Å²) >= 11 is 0. The van der Waals surface area contributed by atoms with E-state index in [0.29, 0.717) is 11.4 Å². The van der Waals surface area contributed by atoms with Gasteiger partial charge in [-0.2, -0.15) is 0 Å². The van der Waals surface area contributed by atoms with Crippen LogP contribution < -0.4 is 15.4 Å². The minimum atomic E-state index is -0.230. The maximum Gasteiger partial charge on any atom is 0.274 e. The summed E-state index contributed by atoms with van der Waals surface area (Å²) in [6.07, 6.45) is 3.98. The van der Waals surface area contributed by atoms with Crippen LogP contribution in [0.2, 0.25) is 0 Å². The van der Waals surface area contributed by atoms with Crippen LogP contribution in [-0.4, -0.2) is 23.5 Å². The molecule has 0 radical (unpaired) electrons. The van der Waals surface area contributed by atoms with E-state index in [0.717, 1.165) is 30.8 Å². The topological polar surface area (TPSA) is 63.2 Å². The van der Waals surface area contributed by atoms with E-state index in [1.54, 1.807) is 12.3 Å². The lowest BCUT2D eigenvalue weighted by molar-refractivity contribution is 0.102. The number of carbonyl (C=O) groups is 1. The molecule has 0 aliphatic rings. The number of nitrogens with one attached hydrogen (secondary N) is 2. The fraction of sp³-hybridized carbons (Fsp3) is 0.368. The third-order valence-corrected chi connectivity index (χ3v) is 3.34. The molecule has 2 N–H and O–H groups in total. The van der Waals surface area contributed by atoms with Crippen molar-refractivity contribution in [2.45, 2.75) is 39.7 Å². The highest BCUT2D eigenvalue weighted by molar-refractivity contribution is 6.03. The van der Waals surface area contributed by atoms with Gasteiger partial charge in [-0.25, -0.2) is 0 Å². The fourth-order valence-corrected chi connectivity index (χ4v) is 2.16. The Morgan fingerprint density at radius 3 is 2.58 bits per heavy atom. The summed E-state index contributed by atoms with van der Waals surface area (Å²) in [4.78, 5) is 16.5. The number of unbranched alkanes of at least 4 members (excludes halogenated alkanes) is 1. The predicted molar refractivity (Wildman–Crippen MR) is 97.8 cm³/mol. The molecular formula is C19H25N3O2. The number of pyridine rings is 1. The summed E-state index contributed by atoms with van der Waals surface area (Å²) in [6.45, 7) is 6.98. The van der Waals surface area contributed by atoms with Crippen molar-refractivity contribution in [2.24, 2.45) is 0 Å². The van der Waals surface area contributed by atoms with Gasteiger partial charge in [-0.3, -0.25) is 9.78 Å². The molecule has 2 rings (SSSR count). The minimum absolute atomic E-state index is 0.123. The Kier molecular flexibility index (Phi) is 6.61. The van der Waals surface area contributed by atoms with Crippen LogP contribution in [0.25, 0.3) is 0 Å². The lowest BCUT2D eigenvalue weighted by atomic mass is 10.2. The number of hydrogen-bond donors (Lipinski definition) is 2. The second kappa shape index (κ2) is 8.91. The molecule has 5 heteroatoms. The average Bonchev–Trinajstić information content (AvgIpc) is 2.57. The molecule has 0 aliphatic heterocycles. The van der Waals surface area contributed by atoms with Crippen molar-refractivity contribution in [3.63, 3.8) is 0 Å². The number of ether oxygens (including phenoxy) is 1. The molecule has 0 unspecified atom stereocenters. The van der Waals surface area contributed by atoms with Gasteiger partial charge < -0.3 is 15.4 Å². The number of amides is 1. The van der Waals surface area contributed by atoms with Crippen molar-refractivity contribution >= 4 is 17.3 Å². The molecule has 0 atom stereocenters. The van der Waals surface area contributed by atoms with Crippen LogP contribution in [0.15, 0.2) is 42.6 Å². The third-order valence-electron chi connectivity index (χ3n) is 3.34. The normalized spacial score (nSPS) is 10.5. The van der Waals surface area contributed by atoms with Crippen LogP contribution in [0.3, 0.4) is 0 Å². The first-order chi connectivity index (χ1) is 11.6. The molecule has 1 amide bonds. The average molecular weight is 327 g/mol. The zero-order valence-electron chi connectivity index (χ0n) is 14.5. The Bertz CT molecular complexity index is 654. The zero-order chi connectivity index (χ0) is 17.4. The monoisotopic (exact) mass is 327 g/mol. The third kappa shape index (κ3) is 5.57. The molecule has 0 saturated carbocycles. The van der Waals surface area contributed by atoms with E-state index in [2.05, 4.69) is 22.5 Å². The Morgan fingerprint density at radius 2 is 1.92 bits per heavy atom. The van der Waals surface area contributed by atoms with E-state index in [4.69, 9.17) is 4.74 Å². The summed E-state index contributed by atoms with van der Waals surface area (Å²) in [6, 6.07) is 10.9. The molecule has 0 aliphatic carbocycles. The van der Waals surface area contributed by atoms with Crippen molar-refractivity contribution < 1.29 is 9.53 Å². The maximum absolute atomic E-state index is 12.3. The lowest BCUT2D eigenvalue weighted by Crippen LogP contribution is -2.14. The molecule has 2 aromatic rings. The van der Waals surface area contributed by atoms with Crippen LogP contribution in [0.5, 0.6) is 5.75 Å². The number of rotatable bonds is 8. The second-order valence-corrected chi connectivity index (χ2v) is 5.86. The van der Waals surface area contributed by atoms with E-state index in [1.165, 1.54) is 0 Å². The molecule has 1 heterocycles. The lowest BCUT2D eigenvalue weighted by Gasteiger charge is -2.11. The number of carbonyl (C=O) groups excluding carboxylic acids is 1. The van der Waals surface area contributed by atoms with Crippen molar-refractivity contribution in [2.75, 3.05) is 17.2 Å². The van der Waals surface area contributed by atoms with Crippen molar-refractivity contribution in [3.05, 3.63) is 48.3 Å². The second-order valence-electron chi connectivity index (χ2n) is 5.86. The van der Waals surface area contributed by atoms with E-state index in [-0.39, 0.29) is 12.0 Å². The Hall–Kier alpha value is -2.56. The first kappa shape index (κ1) is 17.8. The quantitative estimate of drug-likeness (QED) is 0.708. The molecule has 0 fully saturated rings. The molecule has 0 saturated heterocycles. The van der Waals surface area contributed by atoms with Crippen molar-refractivity contribution in [3.8, 4) is 5.75 Å². The van der Waals surface area contributed by atoms with Gasteiger partial charge in [0, 0.05) is 24.1 Å². The molecule has 1 aromatic heterocycles. The van der Waals surface area contributed by atoms with E-state index < -0.39 is 0 Å². The summed E-state index contributed by atoms with van der Waals surface area (Å²) in [5, 5.41) is 6.14. The maximum atomic E-state index is 12.3.